The zero-order chi connectivity index (χ0) is 20.1. The van der Waals surface area contributed by atoms with E-state index in [-0.39, 0.29) is 11.8 Å². The van der Waals surface area contributed by atoms with Crippen LogP contribution in [-0.4, -0.2) is 25.5 Å². The molecule has 28 heavy (non-hydrogen) atoms. The highest BCUT2D eigenvalue weighted by Crippen LogP contribution is 2.43. The minimum atomic E-state index is -0.0635. The van der Waals surface area contributed by atoms with Gasteiger partial charge in [0.15, 0.2) is 0 Å². The molecule has 0 saturated heterocycles. The molecule has 0 fully saturated rings. The van der Waals surface area contributed by atoms with E-state index in [0.717, 1.165) is 30.7 Å². The number of methoxy groups -OCH3 is 1. The van der Waals surface area contributed by atoms with E-state index in [4.69, 9.17) is 4.74 Å². The van der Waals surface area contributed by atoms with E-state index < -0.39 is 0 Å². The fraction of sp³-hybridized carbons (Fsp3) is 0.391. The van der Waals surface area contributed by atoms with Gasteiger partial charge >= 0.3 is 0 Å². The third kappa shape index (κ3) is 4.91. The average molecular weight is 380 g/mol. The topological polar surface area (TPSA) is 67.4 Å². The highest BCUT2D eigenvalue weighted by molar-refractivity contribution is 5.88. The highest BCUT2D eigenvalue weighted by Gasteiger charge is 2.28. The van der Waals surface area contributed by atoms with Gasteiger partial charge in [0.1, 0.15) is 5.75 Å². The molecule has 0 saturated carbocycles. The second kappa shape index (κ2) is 8.91. The van der Waals surface area contributed by atoms with Gasteiger partial charge in [0.2, 0.25) is 11.8 Å². The van der Waals surface area contributed by atoms with Gasteiger partial charge < -0.3 is 15.4 Å². The van der Waals surface area contributed by atoms with Crippen molar-refractivity contribution in [1.29, 1.82) is 0 Å². The van der Waals surface area contributed by atoms with Crippen molar-refractivity contribution in [3.63, 3.8) is 0 Å². The van der Waals surface area contributed by atoms with Gasteiger partial charge in [-0.1, -0.05) is 18.2 Å². The Morgan fingerprint density at radius 2 is 1.93 bits per heavy atom. The Bertz CT molecular complexity index is 863. The lowest BCUT2D eigenvalue weighted by molar-refractivity contribution is -0.119. The molecule has 5 heteroatoms. The maximum absolute atomic E-state index is 11.4. The van der Waals surface area contributed by atoms with Crippen LogP contribution in [-0.2, 0) is 16.0 Å². The van der Waals surface area contributed by atoms with Gasteiger partial charge in [0, 0.05) is 26.1 Å². The molecule has 148 valence electrons. The maximum Gasteiger partial charge on any atom is 0.221 e. The van der Waals surface area contributed by atoms with Crippen molar-refractivity contribution in [2.45, 2.75) is 44.9 Å². The molecule has 0 aromatic heterocycles. The van der Waals surface area contributed by atoms with Crippen LogP contribution in [0.5, 0.6) is 5.75 Å². The summed E-state index contributed by atoms with van der Waals surface area (Å²) in [6.07, 6.45) is 2.85. The Hall–Kier alpha value is -2.82. The normalized spacial score (nSPS) is 18.1. The second-order valence-electron chi connectivity index (χ2n) is 7.48. The molecule has 2 unspecified atom stereocenters. The summed E-state index contributed by atoms with van der Waals surface area (Å²) >= 11 is 0. The monoisotopic (exact) mass is 380 g/mol. The molecule has 3 rings (SSSR count). The van der Waals surface area contributed by atoms with Crippen molar-refractivity contribution < 1.29 is 14.3 Å². The number of carbonyl (C=O) groups excluding carboxylic acids is 2. The van der Waals surface area contributed by atoms with E-state index in [1.807, 2.05) is 18.2 Å². The van der Waals surface area contributed by atoms with Gasteiger partial charge in [0.25, 0.3) is 0 Å². The van der Waals surface area contributed by atoms with E-state index in [0.29, 0.717) is 18.4 Å². The minimum Gasteiger partial charge on any atom is -0.497 e. The average Bonchev–Trinajstić information content (AvgIpc) is 2.67. The molecule has 2 atom stereocenters. The van der Waals surface area contributed by atoms with Crippen LogP contribution < -0.4 is 15.4 Å². The zero-order valence-electron chi connectivity index (χ0n) is 16.7. The number of anilines is 1. The fourth-order valence-electron chi connectivity index (χ4n) is 4.11. The van der Waals surface area contributed by atoms with E-state index >= 15 is 0 Å². The Kier molecular flexibility index (Phi) is 6.34. The lowest BCUT2D eigenvalue weighted by Gasteiger charge is -2.32. The number of benzene rings is 2. The summed E-state index contributed by atoms with van der Waals surface area (Å²) in [7, 11) is 1.69. The Labute approximate surface area is 166 Å². The van der Waals surface area contributed by atoms with Crippen molar-refractivity contribution in [1.82, 2.24) is 5.32 Å². The molecule has 5 nitrogen and oxygen atoms in total. The SMILES string of the molecule is COc1ccc2c(c1)C(CCNC(C)=O)CC(c1cccc(NC(C)=O)c1)C2. The van der Waals surface area contributed by atoms with Crippen molar-refractivity contribution in [2.24, 2.45) is 0 Å². The van der Waals surface area contributed by atoms with Crippen molar-refractivity contribution in [3.8, 4) is 5.75 Å². The molecule has 2 amide bonds. The first-order valence-corrected chi connectivity index (χ1v) is 9.75. The molecule has 0 spiro atoms. The molecule has 1 aliphatic rings. The molecule has 2 aromatic carbocycles. The van der Waals surface area contributed by atoms with Crippen molar-refractivity contribution in [2.75, 3.05) is 19.0 Å². The summed E-state index contributed by atoms with van der Waals surface area (Å²) in [6.45, 7) is 3.73. The third-order valence-electron chi connectivity index (χ3n) is 5.37. The summed E-state index contributed by atoms with van der Waals surface area (Å²) in [5.41, 5.74) is 4.71. The molecular formula is C23H28N2O3. The lowest BCUT2D eigenvalue weighted by Crippen LogP contribution is -2.25. The number of amides is 2. The summed E-state index contributed by atoms with van der Waals surface area (Å²) in [6, 6.07) is 14.4. The third-order valence-corrected chi connectivity index (χ3v) is 5.37. The molecule has 1 aliphatic carbocycles. The number of ether oxygens (including phenoxy) is 1. The van der Waals surface area contributed by atoms with Crippen LogP contribution in [0.4, 0.5) is 5.69 Å². The maximum atomic E-state index is 11.4. The van der Waals surface area contributed by atoms with Crippen LogP contribution >= 0.6 is 0 Å². The molecule has 0 bridgehead atoms. The van der Waals surface area contributed by atoms with Gasteiger partial charge in [-0.15, -0.1) is 0 Å². The summed E-state index contributed by atoms with van der Waals surface area (Å²) in [5.74, 6) is 1.53. The number of rotatable bonds is 6. The lowest BCUT2D eigenvalue weighted by atomic mass is 9.73. The van der Waals surface area contributed by atoms with Gasteiger partial charge in [-0.3, -0.25) is 9.59 Å². The smallest absolute Gasteiger partial charge is 0.221 e. The van der Waals surface area contributed by atoms with Gasteiger partial charge in [0.05, 0.1) is 7.11 Å². The van der Waals surface area contributed by atoms with Crippen LogP contribution in [0.1, 0.15) is 55.2 Å². The van der Waals surface area contributed by atoms with E-state index in [2.05, 4.69) is 34.9 Å². The fourth-order valence-corrected chi connectivity index (χ4v) is 4.11. The molecule has 2 N–H and O–H groups in total. The minimum absolute atomic E-state index is 0.00114. The molecular weight excluding hydrogens is 352 g/mol. The number of nitrogens with one attached hydrogen (secondary N) is 2. The van der Waals surface area contributed by atoms with Gasteiger partial charge in [-0.2, -0.15) is 0 Å². The second-order valence-corrected chi connectivity index (χ2v) is 7.48. The van der Waals surface area contributed by atoms with Crippen molar-refractivity contribution >= 4 is 17.5 Å². The van der Waals surface area contributed by atoms with Crippen LogP contribution in [0.2, 0.25) is 0 Å². The predicted octanol–water partition coefficient (Wildman–Crippen LogP) is 3.99. The quantitative estimate of drug-likeness (QED) is 0.796. The predicted molar refractivity (Wildman–Crippen MR) is 111 cm³/mol. The van der Waals surface area contributed by atoms with Crippen LogP contribution in [0.15, 0.2) is 42.5 Å². The van der Waals surface area contributed by atoms with E-state index in [1.165, 1.54) is 23.6 Å². The van der Waals surface area contributed by atoms with E-state index in [1.54, 1.807) is 14.0 Å². The first kappa shape index (κ1) is 19.9. The number of fused-ring (bicyclic) bond motifs is 1. The van der Waals surface area contributed by atoms with Gasteiger partial charge in [-0.25, -0.2) is 0 Å². The first-order valence-electron chi connectivity index (χ1n) is 9.75. The largest absolute Gasteiger partial charge is 0.497 e. The summed E-state index contributed by atoms with van der Waals surface area (Å²) in [5, 5.41) is 5.79. The number of hydrogen-bond donors (Lipinski definition) is 2. The van der Waals surface area contributed by atoms with Crippen LogP contribution in [0, 0.1) is 0 Å². The Morgan fingerprint density at radius 3 is 2.64 bits per heavy atom. The van der Waals surface area contributed by atoms with Crippen LogP contribution in [0.3, 0.4) is 0 Å². The summed E-state index contributed by atoms with van der Waals surface area (Å²) in [4.78, 5) is 22.7. The van der Waals surface area contributed by atoms with E-state index in [9.17, 15) is 9.59 Å². The molecule has 0 heterocycles. The number of carbonyl (C=O) groups is 2. The number of hydrogen-bond acceptors (Lipinski definition) is 3. The van der Waals surface area contributed by atoms with Gasteiger partial charge in [-0.05, 0) is 72.1 Å². The Morgan fingerprint density at radius 1 is 1.11 bits per heavy atom. The first-order chi connectivity index (χ1) is 13.5. The standard InChI is InChI=1S/C23H28N2O3/c1-15(26)24-10-9-19-12-20(11-18-7-8-22(28-3)14-23(18)19)17-5-4-6-21(13-17)25-16(2)27/h4-8,13-14,19-20H,9-12H2,1-3H3,(H,24,26)(H,25,27). The van der Waals surface area contributed by atoms with Crippen LogP contribution in [0.25, 0.3) is 0 Å². The molecule has 2 aromatic rings. The summed E-state index contributed by atoms with van der Waals surface area (Å²) < 4.78 is 5.43. The highest BCUT2D eigenvalue weighted by atomic mass is 16.5. The zero-order valence-corrected chi connectivity index (χ0v) is 16.7. The van der Waals surface area contributed by atoms with Crippen molar-refractivity contribution in [3.05, 3.63) is 59.2 Å². The molecule has 0 radical (unpaired) electrons. The Balaban J connectivity index is 1.86. The molecule has 0 aliphatic heterocycles.